The lowest BCUT2D eigenvalue weighted by atomic mass is 10.2. The van der Waals surface area contributed by atoms with E-state index in [2.05, 4.69) is 6.07 Å². The number of thiophene rings is 1. The molecular weight excluding hydrogens is 332 g/mol. The molecule has 0 spiro atoms. The lowest BCUT2D eigenvalue weighted by Gasteiger charge is -2.24. The molecule has 2 aromatic rings. The Bertz CT molecular complexity index is 723. The van der Waals surface area contributed by atoms with Gasteiger partial charge in [0.15, 0.2) is 6.10 Å². The Labute approximate surface area is 144 Å². The van der Waals surface area contributed by atoms with Crippen LogP contribution in [-0.2, 0) is 11.3 Å². The number of ether oxygens (including phenoxy) is 1. The van der Waals surface area contributed by atoms with Crippen molar-refractivity contribution in [3.05, 3.63) is 51.2 Å². The molecule has 1 aromatic carbocycles. The van der Waals surface area contributed by atoms with Crippen LogP contribution in [0.2, 0.25) is 4.34 Å². The lowest BCUT2D eigenvalue weighted by Crippen LogP contribution is -2.39. The van der Waals surface area contributed by atoms with Crippen LogP contribution < -0.4 is 4.74 Å². The maximum absolute atomic E-state index is 12.6. The number of nitrogens with zero attached hydrogens (tertiary/aromatic N) is 2. The summed E-state index contributed by atoms with van der Waals surface area (Å²) in [5, 5.41) is 9.09. The van der Waals surface area contributed by atoms with Crippen molar-refractivity contribution >= 4 is 28.8 Å². The van der Waals surface area contributed by atoms with E-state index >= 15 is 0 Å². The summed E-state index contributed by atoms with van der Waals surface area (Å²) in [4.78, 5) is 15.3. The van der Waals surface area contributed by atoms with Gasteiger partial charge in [0.1, 0.15) is 11.8 Å². The second kappa shape index (κ2) is 8.00. The van der Waals surface area contributed by atoms with Crippen molar-refractivity contribution in [2.45, 2.75) is 26.5 Å². The van der Waals surface area contributed by atoms with Crippen molar-refractivity contribution in [3.8, 4) is 11.8 Å². The first kappa shape index (κ1) is 17.3. The van der Waals surface area contributed by atoms with Crippen LogP contribution in [0.5, 0.6) is 5.75 Å². The van der Waals surface area contributed by atoms with E-state index in [1.165, 1.54) is 11.3 Å². The van der Waals surface area contributed by atoms with E-state index in [1.54, 1.807) is 36.1 Å². The Morgan fingerprint density at radius 3 is 2.74 bits per heavy atom. The lowest BCUT2D eigenvalue weighted by molar-refractivity contribution is -0.138. The highest BCUT2D eigenvalue weighted by Crippen LogP contribution is 2.23. The summed E-state index contributed by atoms with van der Waals surface area (Å²) in [5.41, 5.74) is 0.417. The summed E-state index contributed by atoms with van der Waals surface area (Å²) in [6, 6.07) is 12.7. The van der Waals surface area contributed by atoms with E-state index in [0.29, 0.717) is 28.7 Å². The Morgan fingerprint density at radius 1 is 1.39 bits per heavy atom. The zero-order valence-electron chi connectivity index (χ0n) is 13.0. The van der Waals surface area contributed by atoms with Gasteiger partial charge in [0.25, 0.3) is 5.91 Å². The number of amides is 1. The summed E-state index contributed by atoms with van der Waals surface area (Å²) < 4.78 is 6.39. The molecule has 1 heterocycles. The molecule has 120 valence electrons. The molecule has 0 N–H and O–H groups in total. The second-order valence-corrected chi connectivity index (χ2v) is 6.73. The van der Waals surface area contributed by atoms with Crippen LogP contribution in [-0.4, -0.2) is 23.5 Å². The fraction of sp³-hybridized carbons (Fsp3) is 0.294. The Morgan fingerprint density at radius 2 is 2.13 bits per heavy atom. The molecule has 0 bridgehead atoms. The van der Waals surface area contributed by atoms with Crippen LogP contribution in [0.4, 0.5) is 0 Å². The van der Waals surface area contributed by atoms with E-state index < -0.39 is 6.10 Å². The number of hydrogen-bond acceptors (Lipinski definition) is 4. The van der Waals surface area contributed by atoms with Crippen LogP contribution in [0.25, 0.3) is 0 Å². The van der Waals surface area contributed by atoms with Gasteiger partial charge in [0.2, 0.25) is 0 Å². The van der Waals surface area contributed by atoms with Crippen LogP contribution in [0.15, 0.2) is 36.4 Å². The van der Waals surface area contributed by atoms with Crippen LogP contribution in [0.3, 0.4) is 0 Å². The molecule has 6 heteroatoms. The van der Waals surface area contributed by atoms with Gasteiger partial charge >= 0.3 is 0 Å². The third-order valence-electron chi connectivity index (χ3n) is 3.33. The van der Waals surface area contributed by atoms with Gasteiger partial charge in [0.05, 0.1) is 16.4 Å². The van der Waals surface area contributed by atoms with E-state index in [0.717, 1.165) is 4.88 Å². The third-order valence-corrected chi connectivity index (χ3v) is 4.54. The smallest absolute Gasteiger partial charge is 0.263 e. The fourth-order valence-corrected chi connectivity index (χ4v) is 3.23. The van der Waals surface area contributed by atoms with Crippen molar-refractivity contribution < 1.29 is 9.53 Å². The van der Waals surface area contributed by atoms with Crippen LogP contribution in [0, 0.1) is 11.3 Å². The van der Waals surface area contributed by atoms with Gasteiger partial charge in [-0.15, -0.1) is 11.3 Å². The topological polar surface area (TPSA) is 53.3 Å². The first-order valence-corrected chi connectivity index (χ1v) is 8.43. The molecular formula is C17H17ClN2O2S. The minimum atomic E-state index is -0.667. The maximum Gasteiger partial charge on any atom is 0.263 e. The van der Waals surface area contributed by atoms with Gasteiger partial charge in [-0.2, -0.15) is 5.26 Å². The van der Waals surface area contributed by atoms with Crippen molar-refractivity contribution in [3.63, 3.8) is 0 Å². The summed E-state index contributed by atoms with van der Waals surface area (Å²) in [6.45, 7) is 4.69. The van der Waals surface area contributed by atoms with Gasteiger partial charge < -0.3 is 9.64 Å². The third kappa shape index (κ3) is 4.47. The minimum absolute atomic E-state index is 0.121. The van der Waals surface area contributed by atoms with Crippen molar-refractivity contribution in [1.29, 1.82) is 5.26 Å². The van der Waals surface area contributed by atoms with E-state index in [4.69, 9.17) is 21.6 Å². The summed E-state index contributed by atoms with van der Waals surface area (Å²) >= 11 is 7.39. The number of halogens is 1. The summed E-state index contributed by atoms with van der Waals surface area (Å²) in [6.07, 6.45) is -0.667. The van der Waals surface area contributed by atoms with Crippen LogP contribution >= 0.6 is 22.9 Å². The highest BCUT2D eigenvalue weighted by Gasteiger charge is 2.22. The van der Waals surface area contributed by atoms with Crippen LogP contribution in [0.1, 0.15) is 24.3 Å². The highest BCUT2D eigenvalue weighted by atomic mass is 35.5. The van der Waals surface area contributed by atoms with Gasteiger partial charge in [-0.25, -0.2) is 0 Å². The first-order valence-electron chi connectivity index (χ1n) is 7.24. The zero-order valence-corrected chi connectivity index (χ0v) is 14.5. The predicted molar refractivity (Wildman–Crippen MR) is 91.7 cm³/mol. The van der Waals surface area contributed by atoms with E-state index in [1.807, 2.05) is 19.1 Å². The molecule has 0 saturated heterocycles. The number of nitriles is 1. The van der Waals surface area contributed by atoms with Crippen molar-refractivity contribution in [2.24, 2.45) is 0 Å². The first-order chi connectivity index (χ1) is 11.0. The van der Waals surface area contributed by atoms with Gasteiger partial charge in [-0.3, -0.25) is 4.79 Å². The average molecular weight is 349 g/mol. The van der Waals surface area contributed by atoms with Crippen molar-refractivity contribution in [2.75, 3.05) is 6.54 Å². The maximum atomic E-state index is 12.6. The van der Waals surface area contributed by atoms with E-state index in [-0.39, 0.29) is 5.91 Å². The van der Waals surface area contributed by atoms with Gasteiger partial charge in [-0.05, 0) is 38.1 Å². The molecule has 0 saturated carbocycles. The molecule has 23 heavy (non-hydrogen) atoms. The number of para-hydroxylation sites is 1. The SMILES string of the molecule is CCN(Cc1ccc(Cl)s1)C(=O)C(C)Oc1ccccc1C#N. The molecule has 0 aliphatic carbocycles. The Balaban J connectivity index is 2.06. The molecule has 0 aliphatic rings. The Hall–Kier alpha value is -2.03. The number of carbonyl (C=O) groups excluding carboxylic acids is 1. The highest BCUT2D eigenvalue weighted by molar-refractivity contribution is 7.16. The predicted octanol–water partition coefficient (Wildman–Crippen LogP) is 4.09. The zero-order chi connectivity index (χ0) is 16.8. The van der Waals surface area contributed by atoms with E-state index in [9.17, 15) is 4.79 Å². The summed E-state index contributed by atoms with van der Waals surface area (Å²) in [7, 11) is 0. The average Bonchev–Trinajstić information content (AvgIpc) is 2.97. The number of carbonyl (C=O) groups is 1. The fourth-order valence-electron chi connectivity index (χ4n) is 2.13. The van der Waals surface area contributed by atoms with Gasteiger partial charge in [0, 0.05) is 11.4 Å². The number of rotatable bonds is 6. The minimum Gasteiger partial charge on any atom is -0.480 e. The molecule has 4 nitrogen and oxygen atoms in total. The molecule has 1 atom stereocenters. The van der Waals surface area contributed by atoms with Crippen molar-refractivity contribution in [1.82, 2.24) is 4.90 Å². The molecule has 0 aliphatic heterocycles. The standard InChI is InChI=1S/C17H17ClN2O2S/c1-3-20(11-14-8-9-16(18)23-14)17(21)12(2)22-15-7-5-4-6-13(15)10-19/h4-9,12H,3,11H2,1-2H3. The monoisotopic (exact) mass is 348 g/mol. The number of hydrogen-bond donors (Lipinski definition) is 0. The quantitative estimate of drug-likeness (QED) is 0.790. The largest absolute Gasteiger partial charge is 0.480 e. The number of benzene rings is 1. The molecule has 0 radical (unpaired) electrons. The summed E-state index contributed by atoms with van der Waals surface area (Å²) in [5.74, 6) is 0.302. The molecule has 1 aromatic heterocycles. The number of likely N-dealkylation sites (N-methyl/N-ethyl adjacent to an activating group) is 1. The molecule has 2 rings (SSSR count). The van der Waals surface area contributed by atoms with Gasteiger partial charge in [-0.1, -0.05) is 23.7 Å². The molecule has 0 fully saturated rings. The normalized spacial score (nSPS) is 11.6. The second-order valence-electron chi connectivity index (χ2n) is 4.93. The molecule has 1 unspecified atom stereocenters. The Kier molecular flexibility index (Phi) is 6.03. The molecule has 1 amide bonds.